The zero-order valence-corrected chi connectivity index (χ0v) is 14.1. The van der Waals surface area contributed by atoms with Crippen LogP contribution in [0.5, 0.6) is 0 Å². The van der Waals surface area contributed by atoms with Gasteiger partial charge in [-0.3, -0.25) is 0 Å². The summed E-state index contributed by atoms with van der Waals surface area (Å²) in [5.41, 5.74) is 1.36. The van der Waals surface area contributed by atoms with Crippen LogP contribution in [0.4, 0.5) is 0 Å². The normalized spacial score (nSPS) is 10.9. The van der Waals surface area contributed by atoms with Gasteiger partial charge in [0.05, 0.1) is 0 Å². The Bertz CT molecular complexity index is 321. The van der Waals surface area contributed by atoms with Crippen LogP contribution in [0.15, 0.2) is 29.2 Å². The maximum absolute atomic E-state index is 3.18. The molecular formula is C18H31NS. The van der Waals surface area contributed by atoms with Crippen molar-refractivity contribution in [2.24, 2.45) is 0 Å². The highest BCUT2D eigenvalue weighted by molar-refractivity contribution is 7.99. The van der Waals surface area contributed by atoms with E-state index in [0.29, 0.717) is 0 Å². The fourth-order valence-corrected chi connectivity index (χ4v) is 3.25. The molecule has 0 saturated carbocycles. The number of hydrogen-bond donors (Lipinski definition) is 1. The average molecular weight is 294 g/mol. The maximum Gasteiger partial charge on any atom is 0.0202 e. The van der Waals surface area contributed by atoms with Crippen molar-refractivity contribution in [2.45, 2.75) is 69.7 Å². The summed E-state index contributed by atoms with van der Waals surface area (Å²) in [4.78, 5) is 1.41. The van der Waals surface area contributed by atoms with Crippen LogP contribution in [0.3, 0.4) is 0 Å². The first kappa shape index (κ1) is 17.6. The zero-order chi connectivity index (χ0) is 14.5. The van der Waals surface area contributed by atoms with Crippen LogP contribution in [0.2, 0.25) is 0 Å². The van der Waals surface area contributed by atoms with Gasteiger partial charge in [0, 0.05) is 11.4 Å². The number of benzene rings is 1. The Balaban J connectivity index is 1.98. The quantitative estimate of drug-likeness (QED) is 0.395. The molecule has 0 spiro atoms. The van der Waals surface area contributed by atoms with Crippen molar-refractivity contribution in [3.63, 3.8) is 0 Å². The topological polar surface area (TPSA) is 12.0 Å². The largest absolute Gasteiger partial charge is 0.316 e. The van der Waals surface area contributed by atoms with Gasteiger partial charge in [-0.2, -0.15) is 0 Å². The molecule has 0 unspecified atom stereocenters. The summed E-state index contributed by atoms with van der Waals surface area (Å²) in [5, 5.41) is 3.18. The van der Waals surface area contributed by atoms with E-state index < -0.39 is 0 Å². The minimum Gasteiger partial charge on any atom is -0.316 e. The molecule has 2 heteroatoms. The molecule has 1 N–H and O–H groups in total. The maximum atomic E-state index is 3.18. The smallest absolute Gasteiger partial charge is 0.0202 e. The molecule has 1 nitrogen and oxygen atoms in total. The highest BCUT2D eigenvalue weighted by atomic mass is 32.2. The van der Waals surface area contributed by atoms with Gasteiger partial charge in [-0.15, -0.1) is 11.8 Å². The molecule has 1 aromatic rings. The third-order valence-electron chi connectivity index (χ3n) is 3.57. The third-order valence-corrected chi connectivity index (χ3v) is 4.67. The first-order chi connectivity index (χ1) is 9.86. The van der Waals surface area contributed by atoms with E-state index >= 15 is 0 Å². The first-order valence-corrected chi connectivity index (χ1v) is 9.21. The van der Waals surface area contributed by atoms with Gasteiger partial charge in [0.2, 0.25) is 0 Å². The van der Waals surface area contributed by atoms with Crippen LogP contribution < -0.4 is 5.32 Å². The van der Waals surface area contributed by atoms with Gasteiger partial charge in [0.15, 0.2) is 0 Å². The molecule has 0 aliphatic carbocycles. The molecule has 0 aliphatic heterocycles. The van der Waals surface area contributed by atoms with Crippen LogP contribution in [-0.4, -0.2) is 12.8 Å². The van der Waals surface area contributed by atoms with E-state index in [9.17, 15) is 0 Å². The first-order valence-electron chi connectivity index (χ1n) is 8.23. The Morgan fingerprint density at radius 2 is 1.45 bits per heavy atom. The number of hydrogen-bond acceptors (Lipinski definition) is 2. The Hall–Kier alpha value is -0.470. The van der Waals surface area contributed by atoms with Crippen LogP contribution >= 0.6 is 11.8 Å². The molecule has 0 radical (unpaired) electrons. The Morgan fingerprint density at radius 3 is 2.05 bits per heavy atom. The predicted molar refractivity (Wildman–Crippen MR) is 92.5 cm³/mol. The van der Waals surface area contributed by atoms with Crippen molar-refractivity contribution in [3.05, 3.63) is 29.8 Å². The van der Waals surface area contributed by atoms with Crippen molar-refractivity contribution in [3.8, 4) is 0 Å². The SMILES string of the molecule is CCCCCCCCCCSc1ccc(CNC)cc1. The molecule has 20 heavy (non-hydrogen) atoms. The molecule has 1 rings (SSSR count). The van der Waals surface area contributed by atoms with Gasteiger partial charge in [-0.05, 0) is 36.9 Å². The predicted octanol–water partition coefficient (Wildman–Crippen LogP) is 5.64. The summed E-state index contributed by atoms with van der Waals surface area (Å²) in [5.74, 6) is 1.26. The molecule has 0 saturated heterocycles. The number of thioether (sulfide) groups is 1. The van der Waals surface area contributed by atoms with Crippen LogP contribution in [0.25, 0.3) is 0 Å². The number of nitrogens with one attached hydrogen (secondary N) is 1. The Labute approximate surface area is 129 Å². The number of unbranched alkanes of at least 4 members (excludes halogenated alkanes) is 7. The van der Waals surface area contributed by atoms with E-state index in [0.717, 1.165) is 6.54 Å². The van der Waals surface area contributed by atoms with E-state index in [1.54, 1.807) is 0 Å². The second-order valence-electron chi connectivity index (χ2n) is 5.50. The highest BCUT2D eigenvalue weighted by Crippen LogP contribution is 2.20. The summed E-state index contributed by atoms with van der Waals surface area (Å²) in [6.07, 6.45) is 11.3. The van der Waals surface area contributed by atoms with Gasteiger partial charge < -0.3 is 5.32 Å². The van der Waals surface area contributed by atoms with E-state index in [1.807, 2.05) is 18.8 Å². The Kier molecular flexibility index (Phi) is 10.8. The number of rotatable bonds is 12. The third kappa shape index (κ3) is 8.65. The average Bonchev–Trinajstić information content (AvgIpc) is 2.47. The van der Waals surface area contributed by atoms with Crippen molar-refractivity contribution in [1.82, 2.24) is 5.32 Å². The monoisotopic (exact) mass is 293 g/mol. The lowest BCUT2D eigenvalue weighted by atomic mass is 10.1. The second kappa shape index (κ2) is 12.3. The van der Waals surface area contributed by atoms with Crippen molar-refractivity contribution < 1.29 is 0 Å². The molecule has 114 valence electrons. The summed E-state index contributed by atoms with van der Waals surface area (Å²) in [6.45, 7) is 3.24. The lowest BCUT2D eigenvalue weighted by Gasteiger charge is -2.04. The molecular weight excluding hydrogens is 262 g/mol. The van der Waals surface area contributed by atoms with E-state index in [-0.39, 0.29) is 0 Å². The fourth-order valence-electron chi connectivity index (χ4n) is 2.33. The standard InChI is InChI=1S/C18H31NS/c1-3-4-5-6-7-8-9-10-15-20-18-13-11-17(12-14-18)16-19-2/h11-14,19H,3-10,15-16H2,1-2H3. The molecule has 1 aromatic carbocycles. The van der Waals surface area contributed by atoms with Gasteiger partial charge in [0.1, 0.15) is 0 Å². The van der Waals surface area contributed by atoms with E-state index in [1.165, 1.54) is 67.6 Å². The molecule has 0 fully saturated rings. The lowest BCUT2D eigenvalue weighted by Crippen LogP contribution is -2.04. The van der Waals surface area contributed by atoms with Crippen molar-refractivity contribution >= 4 is 11.8 Å². The second-order valence-corrected chi connectivity index (χ2v) is 6.67. The van der Waals surface area contributed by atoms with Crippen molar-refractivity contribution in [2.75, 3.05) is 12.8 Å². The summed E-state index contributed by atoms with van der Waals surface area (Å²) in [7, 11) is 1.99. The van der Waals surface area contributed by atoms with Crippen LogP contribution in [0, 0.1) is 0 Å². The van der Waals surface area contributed by atoms with Crippen LogP contribution in [0.1, 0.15) is 63.9 Å². The van der Waals surface area contributed by atoms with Gasteiger partial charge in [-0.1, -0.05) is 64.0 Å². The summed E-state index contributed by atoms with van der Waals surface area (Å²) in [6, 6.07) is 8.96. The van der Waals surface area contributed by atoms with E-state index in [2.05, 4.69) is 36.5 Å². The molecule has 0 bridgehead atoms. The lowest BCUT2D eigenvalue weighted by molar-refractivity contribution is 0.586. The summed E-state index contributed by atoms with van der Waals surface area (Å²) < 4.78 is 0. The highest BCUT2D eigenvalue weighted by Gasteiger charge is 1.96. The fraction of sp³-hybridized carbons (Fsp3) is 0.667. The van der Waals surface area contributed by atoms with Gasteiger partial charge >= 0.3 is 0 Å². The van der Waals surface area contributed by atoms with Gasteiger partial charge in [0.25, 0.3) is 0 Å². The summed E-state index contributed by atoms with van der Waals surface area (Å²) >= 11 is 2.00. The van der Waals surface area contributed by atoms with Crippen LogP contribution in [-0.2, 0) is 6.54 Å². The molecule has 0 atom stereocenters. The minimum atomic E-state index is 0.961. The molecule has 0 amide bonds. The zero-order valence-electron chi connectivity index (χ0n) is 13.3. The molecule has 0 aromatic heterocycles. The molecule has 0 heterocycles. The Morgan fingerprint density at radius 1 is 0.850 bits per heavy atom. The van der Waals surface area contributed by atoms with E-state index in [4.69, 9.17) is 0 Å². The van der Waals surface area contributed by atoms with Crippen molar-refractivity contribution in [1.29, 1.82) is 0 Å². The molecule has 0 aliphatic rings. The van der Waals surface area contributed by atoms with Gasteiger partial charge in [-0.25, -0.2) is 0 Å². The minimum absolute atomic E-state index is 0.961.